The van der Waals surface area contributed by atoms with Gasteiger partial charge in [0, 0.05) is 33.3 Å². The minimum absolute atomic E-state index is 0.0790. The largest absolute Gasteiger partial charge is 0.382 e. The fourth-order valence-electron chi connectivity index (χ4n) is 3.16. The molecule has 2 rings (SSSR count). The maximum atomic E-state index is 12.3. The van der Waals surface area contributed by atoms with Gasteiger partial charge in [0.2, 0.25) is 5.91 Å². The van der Waals surface area contributed by atoms with E-state index in [-0.39, 0.29) is 11.9 Å². The Morgan fingerprint density at radius 2 is 2.00 bits per heavy atom. The van der Waals surface area contributed by atoms with Crippen molar-refractivity contribution in [3.8, 4) is 0 Å². The van der Waals surface area contributed by atoms with Crippen LogP contribution in [0.25, 0.3) is 0 Å². The van der Waals surface area contributed by atoms with Crippen LogP contribution < -0.4 is 5.32 Å². The van der Waals surface area contributed by atoms with Gasteiger partial charge >= 0.3 is 0 Å². The zero-order valence-corrected chi connectivity index (χ0v) is 14.5. The van der Waals surface area contributed by atoms with Crippen molar-refractivity contribution in [1.29, 1.82) is 0 Å². The van der Waals surface area contributed by atoms with Crippen LogP contribution in [0.3, 0.4) is 0 Å². The Morgan fingerprint density at radius 1 is 1.30 bits per heavy atom. The van der Waals surface area contributed by atoms with Gasteiger partial charge in [0.1, 0.15) is 0 Å². The fourth-order valence-corrected chi connectivity index (χ4v) is 3.16. The van der Waals surface area contributed by atoms with Crippen LogP contribution in [0.1, 0.15) is 50.3 Å². The van der Waals surface area contributed by atoms with Gasteiger partial charge in [0.25, 0.3) is 0 Å². The first kappa shape index (κ1) is 17.9. The lowest BCUT2D eigenvalue weighted by Crippen LogP contribution is -2.36. The van der Waals surface area contributed by atoms with Crippen molar-refractivity contribution in [3.05, 3.63) is 18.0 Å². The van der Waals surface area contributed by atoms with Gasteiger partial charge in [-0.15, -0.1) is 0 Å². The van der Waals surface area contributed by atoms with E-state index in [1.165, 1.54) is 32.1 Å². The maximum absolute atomic E-state index is 12.3. The standard InChI is InChI=1S/C17H30N4O2/c1-20-16(8-10-18-20)15(14-23-2)19-17(22)9-13-21-11-6-4-3-5-7-12-21/h8,10,15H,3-7,9,11-14H2,1-2H3,(H,19,22)/t15-/m0/s1. The third kappa shape index (κ3) is 5.95. The smallest absolute Gasteiger partial charge is 0.221 e. The number of amides is 1. The van der Waals surface area contributed by atoms with Crippen molar-refractivity contribution in [3.63, 3.8) is 0 Å². The van der Waals surface area contributed by atoms with Crippen molar-refractivity contribution in [2.45, 2.75) is 44.6 Å². The number of nitrogens with zero attached hydrogens (tertiary/aromatic N) is 3. The topological polar surface area (TPSA) is 59.4 Å². The molecule has 0 aromatic carbocycles. The van der Waals surface area contributed by atoms with Crippen LogP contribution in [-0.4, -0.2) is 53.9 Å². The van der Waals surface area contributed by atoms with Gasteiger partial charge in [-0.2, -0.15) is 5.10 Å². The molecular formula is C17H30N4O2. The molecule has 1 N–H and O–H groups in total. The van der Waals surface area contributed by atoms with Gasteiger partial charge in [-0.1, -0.05) is 19.3 Å². The number of carbonyl (C=O) groups is 1. The number of likely N-dealkylation sites (tertiary alicyclic amines) is 1. The van der Waals surface area contributed by atoms with Crippen LogP contribution in [0.5, 0.6) is 0 Å². The van der Waals surface area contributed by atoms with Gasteiger partial charge in [0.05, 0.1) is 18.3 Å². The van der Waals surface area contributed by atoms with E-state index in [1.807, 2.05) is 13.1 Å². The number of hydrogen-bond acceptors (Lipinski definition) is 4. The second kappa shape index (κ2) is 9.67. The van der Waals surface area contributed by atoms with E-state index in [2.05, 4.69) is 15.3 Å². The van der Waals surface area contributed by atoms with Crippen molar-refractivity contribution in [1.82, 2.24) is 20.0 Å². The number of methoxy groups -OCH3 is 1. The van der Waals surface area contributed by atoms with Crippen LogP contribution in [0.15, 0.2) is 12.3 Å². The molecule has 1 aromatic rings. The van der Waals surface area contributed by atoms with Crippen molar-refractivity contribution in [2.24, 2.45) is 7.05 Å². The van der Waals surface area contributed by atoms with E-state index >= 15 is 0 Å². The second-order valence-electron chi connectivity index (χ2n) is 6.31. The zero-order valence-electron chi connectivity index (χ0n) is 14.5. The van der Waals surface area contributed by atoms with Crippen LogP contribution in [-0.2, 0) is 16.6 Å². The van der Waals surface area contributed by atoms with Gasteiger partial charge in [-0.3, -0.25) is 9.48 Å². The number of hydrogen-bond donors (Lipinski definition) is 1. The first-order valence-electron chi connectivity index (χ1n) is 8.69. The molecule has 0 unspecified atom stereocenters. The lowest BCUT2D eigenvalue weighted by molar-refractivity contribution is -0.122. The molecule has 0 spiro atoms. The van der Waals surface area contributed by atoms with Crippen molar-refractivity contribution >= 4 is 5.91 Å². The lowest BCUT2D eigenvalue weighted by Gasteiger charge is -2.25. The van der Waals surface area contributed by atoms with Crippen molar-refractivity contribution < 1.29 is 9.53 Å². The van der Waals surface area contributed by atoms with Gasteiger partial charge in [-0.05, 0) is 32.0 Å². The summed E-state index contributed by atoms with van der Waals surface area (Å²) < 4.78 is 7.02. The second-order valence-corrected chi connectivity index (χ2v) is 6.31. The first-order chi connectivity index (χ1) is 11.2. The zero-order chi connectivity index (χ0) is 16.5. The summed E-state index contributed by atoms with van der Waals surface area (Å²) in [6.07, 6.45) is 8.78. The summed E-state index contributed by atoms with van der Waals surface area (Å²) in [7, 11) is 3.53. The molecule has 0 aliphatic carbocycles. The molecule has 1 amide bonds. The minimum Gasteiger partial charge on any atom is -0.382 e. The molecule has 1 atom stereocenters. The third-order valence-electron chi connectivity index (χ3n) is 4.49. The number of rotatable bonds is 7. The number of nitrogens with one attached hydrogen (secondary N) is 1. The number of aryl methyl sites for hydroxylation is 1. The SMILES string of the molecule is COC[C@H](NC(=O)CCN1CCCCCCC1)c1ccnn1C. The lowest BCUT2D eigenvalue weighted by atomic mass is 10.1. The van der Waals surface area contributed by atoms with Crippen molar-refractivity contribution in [2.75, 3.05) is 33.4 Å². The average Bonchev–Trinajstić information content (AvgIpc) is 2.92. The van der Waals surface area contributed by atoms with Crippen LogP contribution in [0, 0.1) is 0 Å². The fraction of sp³-hybridized carbons (Fsp3) is 0.765. The Hall–Kier alpha value is -1.40. The molecule has 6 heteroatoms. The summed E-state index contributed by atoms with van der Waals surface area (Å²) in [4.78, 5) is 14.7. The highest BCUT2D eigenvalue weighted by atomic mass is 16.5. The molecule has 6 nitrogen and oxygen atoms in total. The number of ether oxygens (including phenoxy) is 1. The molecule has 130 valence electrons. The van der Waals surface area contributed by atoms with Gasteiger partial charge < -0.3 is 15.0 Å². The van der Waals surface area contributed by atoms with E-state index in [0.29, 0.717) is 13.0 Å². The number of carbonyl (C=O) groups excluding carboxylic acids is 1. The molecule has 1 saturated heterocycles. The summed E-state index contributed by atoms with van der Waals surface area (Å²) in [5, 5.41) is 7.24. The Kier molecular flexibility index (Phi) is 7.55. The van der Waals surface area contributed by atoms with E-state index < -0.39 is 0 Å². The van der Waals surface area contributed by atoms with E-state index in [9.17, 15) is 4.79 Å². The van der Waals surface area contributed by atoms with Crippen LogP contribution in [0.2, 0.25) is 0 Å². The Morgan fingerprint density at radius 3 is 2.61 bits per heavy atom. The summed E-state index contributed by atoms with van der Waals surface area (Å²) in [6, 6.07) is 1.77. The molecule has 1 fully saturated rings. The normalized spacial score (nSPS) is 18.2. The molecule has 1 aliphatic rings. The maximum Gasteiger partial charge on any atom is 0.221 e. The van der Waals surface area contributed by atoms with E-state index in [1.54, 1.807) is 18.0 Å². The highest BCUT2D eigenvalue weighted by molar-refractivity contribution is 5.76. The van der Waals surface area contributed by atoms with E-state index in [4.69, 9.17) is 4.74 Å². The highest BCUT2D eigenvalue weighted by Crippen LogP contribution is 2.13. The predicted molar refractivity (Wildman–Crippen MR) is 90.1 cm³/mol. The molecule has 0 saturated carbocycles. The Labute approximate surface area is 139 Å². The first-order valence-corrected chi connectivity index (χ1v) is 8.69. The van der Waals surface area contributed by atoms with Crippen LogP contribution in [0.4, 0.5) is 0 Å². The van der Waals surface area contributed by atoms with Gasteiger partial charge in [0.15, 0.2) is 0 Å². The summed E-state index contributed by atoms with van der Waals surface area (Å²) in [5.41, 5.74) is 0.964. The van der Waals surface area contributed by atoms with Crippen LogP contribution >= 0.6 is 0 Å². The monoisotopic (exact) mass is 322 g/mol. The quantitative estimate of drug-likeness (QED) is 0.833. The Bertz CT molecular complexity index is 467. The molecule has 23 heavy (non-hydrogen) atoms. The Balaban J connectivity index is 1.80. The summed E-state index contributed by atoms with van der Waals surface area (Å²) in [6.45, 7) is 3.54. The predicted octanol–water partition coefficient (Wildman–Crippen LogP) is 1.88. The minimum atomic E-state index is -0.146. The van der Waals surface area contributed by atoms with Gasteiger partial charge in [-0.25, -0.2) is 0 Å². The molecule has 1 aromatic heterocycles. The molecule has 1 aliphatic heterocycles. The number of aromatic nitrogens is 2. The molecular weight excluding hydrogens is 292 g/mol. The van der Waals surface area contributed by atoms with E-state index in [0.717, 1.165) is 25.3 Å². The average molecular weight is 322 g/mol. The summed E-state index contributed by atoms with van der Waals surface area (Å²) >= 11 is 0. The highest BCUT2D eigenvalue weighted by Gasteiger charge is 2.18. The molecule has 2 heterocycles. The molecule has 0 radical (unpaired) electrons. The molecule has 0 bridgehead atoms. The summed E-state index contributed by atoms with van der Waals surface area (Å²) in [5.74, 6) is 0.0790. The third-order valence-corrected chi connectivity index (χ3v) is 4.49.